The Labute approximate surface area is 116 Å². The van der Waals surface area contributed by atoms with E-state index in [9.17, 15) is 0 Å². The van der Waals surface area contributed by atoms with Crippen molar-refractivity contribution in [1.82, 2.24) is 5.32 Å². The van der Waals surface area contributed by atoms with Gasteiger partial charge in [-0.3, -0.25) is 0 Å². The monoisotopic (exact) mass is 263 g/mol. The van der Waals surface area contributed by atoms with Crippen molar-refractivity contribution in [2.45, 2.75) is 58.5 Å². The molecule has 0 aliphatic carbocycles. The first-order valence-electron chi connectivity index (χ1n) is 7.36. The van der Waals surface area contributed by atoms with Gasteiger partial charge in [-0.25, -0.2) is 0 Å². The molecule has 1 aliphatic rings. The molecular formula is C16H25NO2. The van der Waals surface area contributed by atoms with E-state index in [2.05, 4.69) is 38.2 Å². The van der Waals surface area contributed by atoms with Gasteiger partial charge < -0.3 is 14.8 Å². The Morgan fingerprint density at radius 1 is 1.16 bits per heavy atom. The van der Waals surface area contributed by atoms with Crippen LogP contribution in [-0.2, 0) is 0 Å². The molecule has 1 aliphatic heterocycles. The van der Waals surface area contributed by atoms with E-state index in [0.29, 0.717) is 18.9 Å². The average Bonchev–Trinajstić information content (AvgIpc) is 2.86. The first-order chi connectivity index (χ1) is 9.20. The lowest BCUT2D eigenvalue weighted by atomic mass is 10.0. The van der Waals surface area contributed by atoms with E-state index in [1.54, 1.807) is 0 Å². The van der Waals surface area contributed by atoms with Crippen molar-refractivity contribution in [1.29, 1.82) is 0 Å². The number of benzene rings is 1. The fourth-order valence-electron chi connectivity index (χ4n) is 2.49. The highest BCUT2D eigenvalue weighted by Crippen LogP contribution is 2.34. The summed E-state index contributed by atoms with van der Waals surface area (Å²) >= 11 is 0. The van der Waals surface area contributed by atoms with Crippen LogP contribution >= 0.6 is 0 Å². The summed E-state index contributed by atoms with van der Waals surface area (Å²) in [5.41, 5.74) is 1.26. The van der Waals surface area contributed by atoms with Gasteiger partial charge in [0.15, 0.2) is 11.5 Å². The molecule has 106 valence electrons. The van der Waals surface area contributed by atoms with Crippen LogP contribution in [0.2, 0.25) is 0 Å². The molecule has 1 N–H and O–H groups in total. The Balaban J connectivity index is 1.87. The lowest BCUT2D eigenvalue weighted by Crippen LogP contribution is -2.28. The maximum absolute atomic E-state index is 5.42. The number of unbranched alkanes of at least 4 members (excludes halogenated alkanes) is 2. The highest BCUT2D eigenvalue weighted by atomic mass is 16.7. The molecule has 0 spiro atoms. The SMILES string of the molecule is CCCCCC(C)NC(C)c1ccc2c(c1)OCO2. The van der Waals surface area contributed by atoms with E-state index in [0.717, 1.165) is 11.5 Å². The highest BCUT2D eigenvalue weighted by molar-refractivity contribution is 5.45. The quantitative estimate of drug-likeness (QED) is 0.753. The molecule has 0 amide bonds. The Bertz CT molecular complexity index is 406. The molecule has 0 saturated heterocycles. The molecule has 1 aromatic carbocycles. The summed E-state index contributed by atoms with van der Waals surface area (Å²) in [5.74, 6) is 1.72. The first-order valence-corrected chi connectivity index (χ1v) is 7.36. The molecular weight excluding hydrogens is 238 g/mol. The molecule has 0 aromatic heterocycles. The van der Waals surface area contributed by atoms with Crippen LogP contribution in [0.4, 0.5) is 0 Å². The third kappa shape index (κ3) is 3.87. The van der Waals surface area contributed by atoms with E-state index < -0.39 is 0 Å². The number of hydrogen-bond donors (Lipinski definition) is 1. The molecule has 2 unspecified atom stereocenters. The van der Waals surface area contributed by atoms with Gasteiger partial charge in [0, 0.05) is 12.1 Å². The number of rotatable bonds is 7. The summed E-state index contributed by atoms with van der Waals surface area (Å²) in [6, 6.07) is 7.08. The predicted octanol–water partition coefficient (Wildman–Crippen LogP) is 4.03. The fourth-order valence-corrected chi connectivity index (χ4v) is 2.49. The second kappa shape index (κ2) is 6.80. The number of fused-ring (bicyclic) bond motifs is 1. The van der Waals surface area contributed by atoms with Crippen LogP contribution in [0.25, 0.3) is 0 Å². The summed E-state index contributed by atoms with van der Waals surface area (Å²) in [6.07, 6.45) is 5.15. The number of nitrogens with one attached hydrogen (secondary N) is 1. The second-order valence-electron chi connectivity index (χ2n) is 5.40. The molecule has 0 saturated carbocycles. The fraction of sp³-hybridized carbons (Fsp3) is 0.625. The van der Waals surface area contributed by atoms with Crippen LogP contribution in [0.15, 0.2) is 18.2 Å². The van der Waals surface area contributed by atoms with E-state index in [4.69, 9.17) is 9.47 Å². The zero-order valence-electron chi connectivity index (χ0n) is 12.2. The molecule has 0 radical (unpaired) electrons. The van der Waals surface area contributed by atoms with Gasteiger partial charge in [-0.15, -0.1) is 0 Å². The smallest absolute Gasteiger partial charge is 0.231 e. The predicted molar refractivity (Wildman–Crippen MR) is 77.7 cm³/mol. The molecule has 1 heterocycles. The van der Waals surface area contributed by atoms with E-state index in [1.807, 2.05) is 6.07 Å². The van der Waals surface area contributed by atoms with Crippen LogP contribution in [0, 0.1) is 0 Å². The summed E-state index contributed by atoms with van der Waals surface area (Å²) in [5, 5.41) is 3.65. The van der Waals surface area contributed by atoms with Gasteiger partial charge in [-0.05, 0) is 38.0 Å². The largest absolute Gasteiger partial charge is 0.454 e. The first kappa shape index (κ1) is 14.2. The minimum absolute atomic E-state index is 0.339. The molecule has 2 atom stereocenters. The lowest BCUT2D eigenvalue weighted by molar-refractivity contribution is 0.174. The number of ether oxygens (including phenoxy) is 2. The van der Waals surface area contributed by atoms with Crippen molar-refractivity contribution in [2.24, 2.45) is 0 Å². The molecule has 0 bridgehead atoms. The maximum Gasteiger partial charge on any atom is 0.231 e. The van der Waals surface area contributed by atoms with Gasteiger partial charge in [0.25, 0.3) is 0 Å². The Kier molecular flexibility index (Phi) is 5.08. The van der Waals surface area contributed by atoms with Crippen LogP contribution in [0.5, 0.6) is 11.5 Å². The van der Waals surface area contributed by atoms with Crippen molar-refractivity contribution in [2.75, 3.05) is 6.79 Å². The molecule has 0 fully saturated rings. The Morgan fingerprint density at radius 3 is 2.74 bits per heavy atom. The third-order valence-corrected chi connectivity index (χ3v) is 3.67. The summed E-state index contributed by atoms with van der Waals surface area (Å²) in [7, 11) is 0. The summed E-state index contributed by atoms with van der Waals surface area (Å²) in [4.78, 5) is 0. The standard InChI is InChI=1S/C16H25NO2/c1-4-5-6-7-12(2)17-13(3)14-8-9-15-16(10-14)19-11-18-15/h8-10,12-13,17H,4-7,11H2,1-3H3. The Morgan fingerprint density at radius 2 is 1.95 bits per heavy atom. The zero-order chi connectivity index (χ0) is 13.7. The van der Waals surface area contributed by atoms with Gasteiger partial charge in [0.1, 0.15) is 0 Å². The molecule has 19 heavy (non-hydrogen) atoms. The lowest BCUT2D eigenvalue weighted by Gasteiger charge is -2.20. The van der Waals surface area contributed by atoms with Crippen LogP contribution in [-0.4, -0.2) is 12.8 Å². The maximum atomic E-state index is 5.42. The van der Waals surface area contributed by atoms with E-state index in [1.165, 1.54) is 31.2 Å². The van der Waals surface area contributed by atoms with E-state index in [-0.39, 0.29) is 0 Å². The highest BCUT2D eigenvalue weighted by Gasteiger charge is 2.16. The summed E-state index contributed by atoms with van der Waals surface area (Å²) < 4.78 is 10.8. The Hall–Kier alpha value is -1.22. The van der Waals surface area contributed by atoms with Crippen molar-refractivity contribution in [3.05, 3.63) is 23.8 Å². The minimum Gasteiger partial charge on any atom is -0.454 e. The van der Waals surface area contributed by atoms with E-state index >= 15 is 0 Å². The summed E-state index contributed by atoms with van der Waals surface area (Å²) in [6.45, 7) is 7.05. The van der Waals surface area contributed by atoms with Crippen LogP contribution in [0.3, 0.4) is 0 Å². The van der Waals surface area contributed by atoms with Crippen molar-refractivity contribution in [3.63, 3.8) is 0 Å². The van der Waals surface area contributed by atoms with Gasteiger partial charge in [0.05, 0.1) is 0 Å². The topological polar surface area (TPSA) is 30.5 Å². The molecule has 3 heteroatoms. The van der Waals surface area contributed by atoms with Gasteiger partial charge in [-0.1, -0.05) is 32.3 Å². The number of hydrogen-bond acceptors (Lipinski definition) is 3. The van der Waals surface area contributed by atoms with Crippen molar-refractivity contribution < 1.29 is 9.47 Å². The third-order valence-electron chi connectivity index (χ3n) is 3.67. The van der Waals surface area contributed by atoms with Crippen LogP contribution in [0.1, 0.15) is 58.1 Å². The van der Waals surface area contributed by atoms with Crippen LogP contribution < -0.4 is 14.8 Å². The van der Waals surface area contributed by atoms with Gasteiger partial charge in [0.2, 0.25) is 6.79 Å². The molecule has 1 aromatic rings. The van der Waals surface area contributed by atoms with Crippen molar-refractivity contribution >= 4 is 0 Å². The average molecular weight is 263 g/mol. The molecule has 3 nitrogen and oxygen atoms in total. The second-order valence-corrected chi connectivity index (χ2v) is 5.40. The van der Waals surface area contributed by atoms with Gasteiger partial charge >= 0.3 is 0 Å². The van der Waals surface area contributed by atoms with Crippen molar-refractivity contribution in [3.8, 4) is 11.5 Å². The molecule has 2 rings (SSSR count). The van der Waals surface area contributed by atoms with Gasteiger partial charge in [-0.2, -0.15) is 0 Å². The zero-order valence-corrected chi connectivity index (χ0v) is 12.2. The minimum atomic E-state index is 0.339. The normalized spacial score (nSPS) is 16.4.